The smallest absolute Gasteiger partial charge is 0.269 e. The van der Waals surface area contributed by atoms with Gasteiger partial charge in [0.25, 0.3) is 5.91 Å². The Bertz CT molecular complexity index is 428. The maximum atomic E-state index is 11.9. The summed E-state index contributed by atoms with van der Waals surface area (Å²) in [4.78, 5) is 18.4. The van der Waals surface area contributed by atoms with E-state index in [1.165, 1.54) is 0 Å². The molecule has 0 aliphatic carbocycles. The minimum absolute atomic E-state index is 0.119. The fourth-order valence-electron chi connectivity index (χ4n) is 2.53. The lowest BCUT2D eigenvalue weighted by Crippen LogP contribution is -2.52. The molecule has 110 valence electrons. The van der Waals surface area contributed by atoms with Gasteiger partial charge in [-0.1, -0.05) is 6.07 Å². The van der Waals surface area contributed by atoms with Crippen LogP contribution in [0.3, 0.4) is 0 Å². The van der Waals surface area contributed by atoms with Gasteiger partial charge in [0, 0.05) is 31.9 Å². The van der Waals surface area contributed by atoms with E-state index in [0.717, 1.165) is 13.1 Å². The van der Waals surface area contributed by atoms with Gasteiger partial charge < -0.3 is 10.1 Å². The predicted molar refractivity (Wildman–Crippen MR) is 77.6 cm³/mol. The molecule has 1 saturated heterocycles. The van der Waals surface area contributed by atoms with E-state index in [2.05, 4.69) is 36.0 Å². The van der Waals surface area contributed by atoms with Crippen molar-refractivity contribution in [3.05, 3.63) is 30.1 Å². The van der Waals surface area contributed by atoms with Gasteiger partial charge in [0.2, 0.25) is 0 Å². The topological polar surface area (TPSA) is 54.5 Å². The Morgan fingerprint density at radius 1 is 1.45 bits per heavy atom. The van der Waals surface area contributed by atoms with Crippen LogP contribution in [-0.4, -0.2) is 53.7 Å². The second-order valence-electron chi connectivity index (χ2n) is 5.49. The minimum atomic E-state index is -0.119. The van der Waals surface area contributed by atoms with Crippen LogP contribution in [0.4, 0.5) is 0 Å². The van der Waals surface area contributed by atoms with E-state index < -0.39 is 0 Å². The van der Waals surface area contributed by atoms with Gasteiger partial charge in [-0.2, -0.15) is 0 Å². The molecule has 2 heterocycles. The van der Waals surface area contributed by atoms with Crippen molar-refractivity contribution in [2.24, 2.45) is 0 Å². The quantitative estimate of drug-likeness (QED) is 0.901. The van der Waals surface area contributed by atoms with E-state index >= 15 is 0 Å². The van der Waals surface area contributed by atoms with E-state index in [4.69, 9.17) is 4.74 Å². The Labute approximate surface area is 120 Å². The number of pyridine rings is 1. The van der Waals surface area contributed by atoms with Crippen LogP contribution in [0.2, 0.25) is 0 Å². The van der Waals surface area contributed by atoms with Crippen molar-refractivity contribution in [2.75, 3.05) is 19.6 Å². The number of nitrogens with one attached hydrogen (secondary N) is 1. The van der Waals surface area contributed by atoms with Crippen molar-refractivity contribution < 1.29 is 9.53 Å². The first-order chi connectivity index (χ1) is 9.56. The van der Waals surface area contributed by atoms with E-state index in [9.17, 15) is 4.79 Å². The molecule has 1 aromatic heterocycles. The van der Waals surface area contributed by atoms with E-state index in [1.807, 2.05) is 6.07 Å². The molecule has 3 unspecified atom stereocenters. The summed E-state index contributed by atoms with van der Waals surface area (Å²) in [6, 6.07) is 5.63. The fourth-order valence-corrected chi connectivity index (χ4v) is 2.53. The molecule has 3 atom stereocenters. The predicted octanol–water partition coefficient (Wildman–Crippen LogP) is 1.31. The monoisotopic (exact) mass is 277 g/mol. The number of nitrogens with zero attached hydrogens (tertiary/aromatic N) is 2. The van der Waals surface area contributed by atoms with Crippen LogP contribution in [0.15, 0.2) is 24.4 Å². The number of amides is 1. The maximum Gasteiger partial charge on any atom is 0.269 e. The van der Waals surface area contributed by atoms with Crippen molar-refractivity contribution in [3.8, 4) is 0 Å². The lowest BCUT2D eigenvalue weighted by molar-refractivity contribution is -0.0778. The van der Waals surface area contributed by atoms with Gasteiger partial charge in [-0.3, -0.25) is 14.7 Å². The highest BCUT2D eigenvalue weighted by molar-refractivity contribution is 5.92. The van der Waals surface area contributed by atoms with Gasteiger partial charge in [0.05, 0.1) is 12.2 Å². The highest BCUT2D eigenvalue weighted by Crippen LogP contribution is 2.13. The second-order valence-corrected chi connectivity index (χ2v) is 5.49. The summed E-state index contributed by atoms with van der Waals surface area (Å²) in [6.07, 6.45) is 2.12. The zero-order valence-electron chi connectivity index (χ0n) is 12.4. The van der Waals surface area contributed by atoms with Crippen LogP contribution < -0.4 is 5.32 Å². The molecule has 1 aliphatic heterocycles. The van der Waals surface area contributed by atoms with Gasteiger partial charge in [-0.05, 0) is 32.9 Å². The summed E-state index contributed by atoms with van der Waals surface area (Å²) in [7, 11) is 0. The molecule has 5 nitrogen and oxygen atoms in total. The van der Waals surface area contributed by atoms with Gasteiger partial charge in [0.15, 0.2) is 0 Å². The number of carbonyl (C=O) groups is 1. The van der Waals surface area contributed by atoms with Gasteiger partial charge in [-0.25, -0.2) is 0 Å². The Hall–Kier alpha value is -1.46. The van der Waals surface area contributed by atoms with Crippen molar-refractivity contribution in [1.29, 1.82) is 0 Å². The summed E-state index contributed by atoms with van der Waals surface area (Å²) in [6.45, 7) is 8.73. The molecule has 5 heteroatoms. The van der Waals surface area contributed by atoms with E-state index in [0.29, 0.717) is 12.2 Å². The standard InChI is InChI=1S/C15H23N3O2/c1-11(18-9-12(2)20-13(3)10-18)8-17-15(19)14-6-4-5-7-16-14/h4-7,11-13H,8-10H2,1-3H3,(H,17,19). The largest absolute Gasteiger partial charge is 0.373 e. The molecule has 0 aromatic carbocycles. The zero-order valence-corrected chi connectivity index (χ0v) is 12.4. The third kappa shape index (κ3) is 4.02. The second kappa shape index (κ2) is 6.81. The van der Waals surface area contributed by atoms with Crippen LogP contribution in [0.1, 0.15) is 31.3 Å². The molecular weight excluding hydrogens is 254 g/mol. The van der Waals surface area contributed by atoms with Crippen LogP contribution in [0.5, 0.6) is 0 Å². The Kier molecular flexibility index (Phi) is 5.09. The summed E-state index contributed by atoms with van der Waals surface area (Å²) in [5, 5.41) is 2.94. The maximum absolute atomic E-state index is 11.9. The lowest BCUT2D eigenvalue weighted by Gasteiger charge is -2.38. The Morgan fingerprint density at radius 2 is 2.15 bits per heavy atom. The third-order valence-corrected chi connectivity index (χ3v) is 3.53. The number of hydrogen-bond acceptors (Lipinski definition) is 4. The highest BCUT2D eigenvalue weighted by atomic mass is 16.5. The van der Waals surface area contributed by atoms with Crippen molar-refractivity contribution in [2.45, 2.75) is 39.0 Å². The van der Waals surface area contributed by atoms with Gasteiger partial charge in [0.1, 0.15) is 5.69 Å². The SMILES string of the molecule is CC1CN(C(C)CNC(=O)c2ccccn2)CC(C)O1. The Balaban J connectivity index is 1.83. The fraction of sp³-hybridized carbons (Fsp3) is 0.600. The van der Waals surface area contributed by atoms with Crippen molar-refractivity contribution in [3.63, 3.8) is 0 Å². The minimum Gasteiger partial charge on any atom is -0.373 e. The van der Waals surface area contributed by atoms with E-state index in [1.54, 1.807) is 18.3 Å². The normalized spacial score (nSPS) is 25.1. The number of ether oxygens (including phenoxy) is 1. The van der Waals surface area contributed by atoms with E-state index in [-0.39, 0.29) is 24.2 Å². The molecule has 2 rings (SSSR count). The number of morpholine rings is 1. The number of hydrogen-bond donors (Lipinski definition) is 1. The van der Waals surface area contributed by atoms with Crippen LogP contribution in [-0.2, 0) is 4.74 Å². The molecule has 0 saturated carbocycles. The molecule has 20 heavy (non-hydrogen) atoms. The van der Waals surface area contributed by atoms with Gasteiger partial charge in [-0.15, -0.1) is 0 Å². The summed E-state index contributed by atoms with van der Waals surface area (Å²) >= 11 is 0. The average molecular weight is 277 g/mol. The first-order valence-electron chi connectivity index (χ1n) is 7.15. The van der Waals surface area contributed by atoms with Gasteiger partial charge >= 0.3 is 0 Å². The molecule has 0 spiro atoms. The average Bonchev–Trinajstić information content (AvgIpc) is 2.44. The molecule has 1 N–H and O–H groups in total. The number of aromatic nitrogens is 1. The number of rotatable bonds is 4. The summed E-state index contributed by atoms with van der Waals surface area (Å²) in [5.41, 5.74) is 0.461. The number of carbonyl (C=O) groups excluding carboxylic acids is 1. The molecular formula is C15H23N3O2. The molecule has 0 bridgehead atoms. The molecule has 1 fully saturated rings. The zero-order chi connectivity index (χ0) is 14.5. The van der Waals surface area contributed by atoms with Crippen LogP contribution in [0.25, 0.3) is 0 Å². The summed E-state index contributed by atoms with van der Waals surface area (Å²) in [5.74, 6) is -0.119. The Morgan fingerprint density at radius 3 is 2.75 bits per heavy atom. The third-order valence-electron chi connectivity index (χ3n) is 3.53. The lowest BCUT2D eigenvalue weighted by atomic mass is 10.1. The van der Waals surface area contributed by atoms with Crippen LogP contribution in [0, 0.1) is 0 Å². The molecule has 1 aliphatic rings. The van der Waals surface area contributed by atoms with Crippen LogP contribution >= 0.6 is 0 Å². The first kappa shape index (κ1) is 14.9. The molecule has 0 radical (unpaired) electrons. The highest BCUT2D eigenvalue weighted by Gasteiger charge is 2.25. The van der Waals surface area contributed by atoms with Crippen molar-refractivity contribution >= 4 is 5.91 Å². The first-order valence-corrected chi connectivity index (χ1v) is 7.15. The molecule has 1 amide bonds. The summed E-state index contributed by atoms with van der Waals surface area (Å²) < 4.78 is 5.72. The molecule has 1 aromatic rings. The van der Waals surface area contributed by atoms with Crippen molar-refractivity contribution in [1.82, 2.24) is 15.2 Å².